The Morgan fingerprint density at radius 3 is 2.27 bits per heavy atom. The van der Waals surface area contributed by atoms with Crippen molar-refractivity contribution in [1.82, 2.24) is 9.80 Å². The van der Waals surface area contributed by atoms with E-state index in [-0.39, 0.29) is 12.5 Å². The van der Waals surface area contributed by atoms with Gasteiger partial charge in [-0.3, -0.25) is 0 Å². The summed E-state index contributed by atoms with van der Waals surface area (Å²) in [7, 11) is 0. The Balaban J connectivity index is 1.43. The molecule has 0 N–H and O–H groups in total. The second-order valence-electron chi connectivity index (χ2n) is 8.53. The summed E-state index contributed by atoms with van der Waals surface area (Å²) < 4.78 is 43.3. The van der Waals surface area contributed by atoms with Gasteiger partial charge in [0, 0.05) is 32.2 Å². The Labute approximate surface area is 156 Å². The zero-order chi connectivity index (χ0) is 18.4. The molecule has 1 unspecified atom stereocenters. The van der Waals surface area contributed by atoms with Crippen molar-refractivity contribution in [3.05, 3.63) is 0 Å². The van der Waals surface area contributed by atoms with Crippen molar-refractivity contribution in [2.45, 2.75) is 82.5 Å². The Hall–Kier alpha value is -0.330. The Kier molecular flexibility index (Phi) is 7.64. The minimum Gasteiger partial charge on any atom is -0.377 e. The predicted molar refractivity (Wildman–Crippen MR) is 97.3 cm³/mol. The van der Waals surface area contributed by atoms with E-state index in [1.54, 1.807) is 0 Å². The smallest absolute Gasteiger partial charge is 0.377 e. The molecular formula is C20H35F3N2O. The van der Waals surface area contributed by atoms with Gasteiger partial charge in [0.1, 0.15) is 0 Å². The molecule has 2 heterocycles. The molecule has 0 radical (unpaired) electrons. The molecule has 2 aliphatic heterocycles. The van der Waals surface area contributed by atoms with Crippen LogP contribution < -0.4 is 0 Å². The third-order valence-corrected chi connectivity index (χ3v) is 6.43. The average Bonchev–Trinajstić information content (AvgIpc) is 3.28. The number of ether oxygens (including phenoxy) is 1. The van der Waals surface area contributed by atoms with Crippen molar-refractivity contribution >= 4 is 0 Å². The normalized spacial score (nSPS) is 27.0. The fourth-order valence-electron chi connectivity index (χ4n) is 4.97. The summed E-state index contributed by atoms with van der Waals surface area (Å²) >= 11 is 0. The summed E-state index contributed by atoms with van der Waals surface area (Å²) in [5.41, 5.74) is 0. The maximum atomic E-state index is 12.5. The van der Waals surface area contributed by atoms with Crippen molar-refractivity contribution in [2.24, 2.45) is 5.92 Å². The topological polar surface area (TPSA) is 15.7 Å². The van der Waals surface area contributed by atoms with E-state index in [0.29, 0.717) is 12.5 Å². The van der Waals surface area contributed by atoms with Crippen LogP contribution >= 0.6 is 0 Å². The van der Waals surface area contributed by atoms with Gasteiger partial charge in [0.2, 0.25) is 0 Å². The van der Waals surface area contributed by atoms with Crippen molar-refractivity contribution in [3.8, 4) is 0 Å². The first-order valence-electron chi connectivity index (χ1n) is 10.6. The van der Waals surface area contributed by atoms with Crippen LogP contribution in [0.5, 0.6) is 0 Å². The van der Waals surface area contributed by atoms with E-state index in [2.05, 4.69) is 9.80 Å². The zero-order valence-electron chi connectivity index (χ0n) is 16.0. The van der Waals surface area contributed by atoms with Crippen LogP contribution in [0, 0.1) is 5.92 Å². The lowest BCUT2D eigenvalue weighted by Gasteiger charge is -2.38. The van der Waals surface area contributed by atoms with Crippen LogP contribution in [0.3, 0.4) is 0 Å². The summed E-state index contributed by atoms with van der Waals surface area (Å²) in [6.07, 6.45) is 5.69. The van der Waals surface area contributed by atoms with E-state index >= 15 is 0 Å². The van der Waals surface area contributed by atoms with Crippen LogP contribution in [0.15, 0.2) is 0 Å². The SMILES string of the molecule is FC(F)(F)CCCN(CC1CCN(C2CCCC2)CC1)CC1CCCO1. The highest BCUT2D eigenvalue weighted by molar-refractivity contribution is 4.83. The van der Waals surface area contributed by atoms with Gasteiger partial charge in [-0.1, -0.05) is 12.8 Å². The largest absolute Gasteiger partial charge is 0.389 e. The molecule has 0 aromatic carbocycles. The second kappa shape index (κ2) is 9.74. The van der Waals surface area contributed by atoms with E-state index in [0.717, 1.165) is 38.6 Å². The van der Waals surface area contributed by atoms with E-state index in [4.69, 9.17) is 4.74 Å². The molecule has 3 aliphatic rings. The lowest BCUT2D eigenvalue weighted by Crippen LogP contribution is -2.44. The van der Waals surface area contributed by atoms with Crippen LogP contribution in [-0.2, 0) is 4.74 Å². The van der Waals surface area contributed by atoms with Crippen molar-refractivity contribution < 1.29 is 17.9 Å². The molecular weight excluding hydrogens is 341 g/mol. The maximum Gasteiger partial charge on any atom is 0.389 e. The molecule has 0 amide bonds. The molecule has 6 heteroatoms. The lowest BCUT2D eigenvalue weighted by molar-refractivity contribution is -0.136. The zero-order valence-corrected chi connectivity index (χ0v) is 16.0. The van der Waals surface area contributed by atoms with Crippen LogP contribution in [0.25, 0.3) is 0 Å². The monoisotopic (exact) mass is 376 g/mol. The molecule has 26 heavy (non-hydrogen) atoms. The number of halogens is 3. The van der Waals surface area contributed by atoms with Gasteiger partial charge in [0.25, 0.3) is 0 Å². The Bertz CT molecular complexity index is 398. The Morgan fingerprint density at radius 2 is 1.65 bits per heavy atom. The van der Waals surface area contributed by atoms with E-state index in [1.807, 2.05) is 0 Å². The van der Waals surface area contributed by atoms with E-state index in [1.165, 1.54) is 51.6 Å². The Morgan fingerprint density at radius 1 is 0.923 bits per heavy atom. The number of hydrogen-bond acceptors (Lipinski definition) is 3. The first-order valence-corrected chi connectivity index (χ1v) is 10.6. The van der Waals surface area contributed by atoms with E-state index < -0.39 is 12.6 Å². The summed E-state index contributed by atoms with van der Waals surface area (Å²) in [5, 5.41) is 0. The van der Waals surface area contributed by atoms with Gasteiger partial charge in [-0.05, 0) is 70.5 Å². The molecule has 0 aromatic heterocycles. The fraction of sp³-hybridized carbons (Fsp3) is 1.00. The lowest BCUT2D eigenvalue weighted by atomic mass is 9.94. The molecule has 0 bridgehead atoms. The second-order valence-corrected chi connectivity index (χ2v) is 8.53. The third-order valence-electron chi connectivity index (χ3n) is 6.43. The number of alkyl halides is 3. The average molecular weight is 377 g/mol. The molecule has 2 saturated heterocycles. The predicted octanol–water partition coefficient (Wildman–Crippen LogP) is 4.46. The van der Waals surface area contributed by atoms with Crippen LogP contribution in [0.2, 0.25) is 0 Å². The minimum atomic E-state index is -4.04. The first kappa shape index (κ1) is 20.4. The molecule has 1 aliphatic carbocycles. The standard InChI is InChI=1S/C20H35F3N2O/c21-20(22,23)10-4-11-24(16-19-7-3-14-26-19)15-17-8-12-25(13-9-17)18-5-1-2-6-18/h17-19H,1-16H2. The quantitative estimate of drug-likeness (QED) is 0.622. The molecule has 3 rings (SSSR count). The molecule has 1 atom stereocenters. The van der Waals surface area contributed by atoms with Gasteiger partial charge in [-0.15, -0.1) is 0 Å². The first-order chi connectivity index (χ1) is 12.5. The van der Waals surface area contributed by atoms with Gasteiger partial charge >= 0.3 is 6.18 Å². The summed E-state index contributed by atoms with van der Waals surface area (Å²) in [4.78, 5) is 4.93. The van der Waals surface area contributed by atoms with E-state index in [9.17, 15) is 13.2 Å². The van der Waals surface area contributed by atoms with Gasteiger partial charge < -0.3 is 14.5 Å². The van der Waals surface area contributed by atoms with Gasteiger partial charge in [0.05, 0.1) is 6.10 Å². The molecule has 3 fully saturated rings. The van der Waals surface area contributed by atoms with Gasteiger partial charge in [-0.2, -0.15) is 13.2 Å². The van der Waals surface area contributed by atoms with Gasteiger partial charge in [0.15, 0.2) is 0 Å². The highest BCUT2D eigenvalue weighted by Gasteiger charge is 2.30. The number of piperidine rings is 1. The molecule has 0 spiro atoms. The van der Waals surface area contributed by atoms with Crippen molar-refractivity contribution in [1.29, 1.82) is 0 Å². The molecule has 152 valence electrons. The number of likely N-dealkylation sites (tertiary alicyclic amines) is 1. The van der Waals surface area contributed by atoms with Crippen LogP contribution in [-0.4, -0.2) is 67.5 Å². The maximum absolute atomic E-state index is 12.5. The van der Waals surface area contributed by atoms with Crippen molar-refractivity contribution in [3.63, 3.8) is 0 Å². The highest BCUT2D eigenvalue weighted by Crippen LogP contribution is 2.29. The minimum absolute atomic E-state index is 0.205. The number of rotatable bonds is 8. The number of nitrogens with zero attached hydrogens (tertiary/aromatic N) is 2. The summed E-state index contributed by atoms with van der Waals surface area (Å²) in [6.45, 7) is 5.44. The molecule has 1 saturated carbocycles. The van der Waals surface area contributed by atoms with Crippen LogP contribution in [0.4, 0.5) is 13.2 Å². The molecule has 3 nitrogen and oxygen atoms in total. The highest BCUT2D eigenvalue weighted by atomic mass is 19.4. The number of hydrogen-bond donors (Lipinski definition) is 0. The van der Waals surface area contributed by atoms with Crippen LogP contribution in [0.1, 0.15) is 64.2 Å². The van der Waals surface area contributed by atoms with Crippen molar-refractivity contribution in [2.75, 3.05) is 39.3 Å². The third kappa shape index (κ3) is 6.68. The van der Waals surface area contributed by atoms with Gasteiger partial charge in [-0.25, -0.2) is 0 Å². The molecule has 0 aromatic rings. The fourth-order valence-corrected chi connectivity index (χ4v) is 4.97. The summed E-state index contributed by atoms with van der Waals surface area (Å²) in [6, 6.07) is 0.797. The summed E-state index contributed by atoms with van der Waals surface area (Å²) in [5.74, 6) is 0.625.